The lowest BCUT2D eigenvalue weighted by Crippen LogP contribution is -2.45. The molecule has 14 heavy (non-hydrogen) atoms. The van der Waals surface area contributed by atoms with Crippen molar-refractivity contribution in [1.82, 2.24) is 10.2 Å². The number of rotatable bonds is 5. The van der Waals surface area contributed by atoms with Gasteiger partial charge in [0.25, 0.3) is 0 Å². The first-order valence-corrected chi connectivity index (χ1v) is 4.57. The number of carbonyl (C=O) groups excluding carboxylic acids is 2. The van der Waals surface area contributed by atoms with E-state index in [2.05, 4.69) is 10.1 Å². The summed E-state index contributed by atoms with van der Waals surface area (Å²) in [7, 11) is 3.03. The average Bonchev–Trinajstić information content (AvgIpc) is 2.16. The van der Waals surface area contributed by atoms with Gasteiger partial charge < -0.3 is 10.1 Å². The molecule has 0 saturated heterocycles. The molecule has 0 aromatic rings. The fourth-order valence-corrected chi connectivity index (χ4v) is 0.927. The van der Waals surface area contributed by atoms with Crippen LogP contribution in [0.1, 0.15) is 13.8 Å². The van der Waals surface area contributed by atoms with Gasteiger partial charge in [0.15, 0.2) is 0 Å². The Kier molecular flexibility index (Phi) is 5.87. The minimum atomic E-state index is -0.344. The topological polar surface area (TPSA) is 58.6 Å². The molecule has 0 aromatic carbocycles. The highest BCUT2D eigenvalue weighted by molar-refractivity contribution is 5.82. The van der Waals surface area contributed by atoms with Crippen LogP contribution in [-0.4, -0.2) is 50.1 Å². The minimum absolute atomic E-state index is 0.0843. The van der Waals surface area contributed by atoms with Gasteiger partial charge in [-0.25, -0.2) is 0 Å². The summed E-state index contributed by atoms with van der Waals surface area (Å²) in [5.74, 6) is -0.428. The number of nitrogens with zero attached hydrogens (tertiary/aromatic N) is 1. The zero-order valence-corrected chi connectivity index (χ0v) is 9.16. The van der Waals surface area contributed by atoms with Crippen LogP contribution < -0.4 is 5.32 Å². The molecule has 5 heteroatoms. The van der Waals surface area contributed by atoms with Crippen LogP contribution in [0, 0.1) is 0 Å². The molecule has 0 aliphatic heterocycles. The monoisotopic (exact) mass is 202 g/mol. The van der Waals surface area contributed by atoms with E-state index in [4.69, 9.17) is 0 Å². The van der Waals surface area contributed by atoms with Crippen molar-refractivity contribution < 1.29 is 14.3 Å². The minimum Gasteiger partial charge on any atom is -0.468 e. The third kappa shape index (κ3) is 4.23. The average molecular weight is 202 g/mol. The highest BCUT2D eigenvalue weighted by Gasteiger charge is 2.19. The van der Waals surface area contributed by atoms with E-state index >= 15 is 0 Å². The molecule has 0 bridgehead atoms. The van der Waals surface area contributed by atoms with Crippen LogP contribution in [0.2, 0.25) is 0 Å². The molecule has 0 fully saturated rings. The first-order chi connectivity index (χ1) is 6.52. The fraction of sp³-hybridized carbons (Fsp3) is 0.778. The summed E-state index contributed by atoms with van der Waals surface area (Å²) in [6.07, 6.45) is 0. The molecule has 0 rings (SSSR count). The maximum Gasteiger partial charge on any atom is 0.319 e. The molecule has 0 radical (unpaired) electrons. The summed E-state index contributed by atoms with van der Waals surface area (Å²) < 4.78 is 4.50. The Morgan fingerprint density at radius 3 is 2.50 bits per heavy atom. The zero-order valence-electron chi connectivity index (χ0n) is 9.16. The van der Waals surface area contributed by atoms with Gasteiger partial charge in [0, 0.05) is 6.54 Å². The van der Waals surface area contributed by atoms with Crippen molar-refractivity contribution in [3.8, 4) is 0 Å². The predicted molar refractivity (Wildman–Crippen MR) is 52.8 cm³/mol. The second-order valence-electron chi connectivity index (χ2n) is 3.06. The number of amides is 1. The molecule has 0 aromatic heterocycles. The Hall–Kier alpha value is -1.10. The van der Waals surface area contributed by atoms with Crippen molar-refractivity contribution in [2.24, 2.45) is 0 Å². The van der Waals surface area contributed by atoms with Gasteiger partial charge in [-0.1, -0.05) is 0 Å². The van der Waals surface area contributed by atoms with Crippen LogP contribution in [0.15, 0.2) is 0 Å². The molecular formula is C9H18N2O3. The largest absolute Gasteiger partial charge is 0.468 e. The number of carbonyl (C=O) groups is 2. The van der Waals surface area contributed by atoms with Gasteiger partial charge in [-0.3, -0.25) is 14.5 Å². The van der Waals surface area contributed by atoms with Crippen molar-refractivity contribution in [3.05, 3.63) is 0 Å². The lowest BCUT2D eigenvalue weighted by molar-refractivity contribution is -0.142. The van der Waals surface area contributed by atoms with Gasteiger partial charge in [0.1, 0.15) is 0 Å². The number of ether oxygens (including phenoxy) is 1. The number of hydrogen-bond donors (Lipinski definition) is 1. The second kappa shape index (κ2) is 6.37. The summed E-state index contributed by atoms with van der Waals surface area (Å²) >= 11 is 0. The van der Waals surface area contributed by atoms with E-state index < -0.39 is 0 Å². The summed E-state index contributed by atoms with van der Waals surface area (Å²) in [5, 5.41) is 2.68. The van der Waals surface area contributed by atoms with Crippen LogP contribution in [0.4, 0.5) is 0 Å². The molecule has 82 valence electrons. The lowest BCUT2D eigenvalue weighted by atomic mass is 10.3. The number of methoxy groups -OCH3 is 1. The van der Waals surface area contributed by atoms with E-state index in [9.17, 15) is 9.59 Å². The first-order valence-electron chi connectivity index (χ1n) is 4.57. The third-order valence-electron chi connectivity index (χ3n) is 2.00. The molecular weight excluding hydrogens is 184 g/mol. The third-order valence-corrected chi connectivity index (χ3v) is 2.00. The van der Waals surface area contributed by atoms with Crippen molar-refractivity contribution in [1.29, 1.82) is 0 Å². The number of likely N-dealkylation sites (N-methyl/N-ethyl adjacent to an activating group) is 2. The maximum absolute atomic E-state index is 11.3. The Balaban J connectivity index is 4.04. The maximum atomic E-state index is 11.3. The van der Waals surface area contributed by atoms with Gasteiger partial charge in [-0.05, 0) is 20.9 Å². The van der Waals surface area contributed by atoms with Gasteiger partial charge in [0.2, 0.25) is 5.91 Å². The van der Waals surface area contributed by atoms with Crippen molar-refractivity contribution >= 4 is 11.9 Å². The molecule has 0 heterocycles. The standard InChI is InChI=1S/C9H18N2O3/c1-5-10-9(13)7(2)11(3)6-8(12)14-4/h7H,5-6H2,1-4H3,(H,10,13). The van der Waals surface area contributed by atoms with Crippen LogP contribution in [0.25, 0.3) is 0 Å². The van der Waals surface area contributed by atoms with Crippen LogP contribution in [0.5, 0.6) is 0 Å². The lowest BCUT2D eigenvalue weighted by Gasteiger charge is -2.22. The molecule has 0 aliphatic rings. The van der Waals surface area contributed by atoms with E-state index in [1.165, 1.54) is 7.11 Å². The van der Waals surface area contributed by atoms with Crippen molar-refractivity contribution in [3.63, 3.8) is 0 Å². The Morgan fingerprint density at radius 1 is 1.50 bits per heavy atom. The van der Waals surface area contributed by atoms with Crippen LogP contribution in [-0.2, 0) is 14.3 Å². The van der Waals surface area contributed by atoms with Crippen molar-refractivity contribution in [2.45, 2.75) is 19.9 Å². The summed E-state index contributed by atoms with van der Waals surface area (Å²) in [4.78, 5) is 23.9. The van der Waals surface area contributed by atoms with Crippen molar-refractivity contribution in [2.75, 3.05) is 27.2 Å². The Bertz CT molecular complexity index is 206. The van der Waals surface area contributed by atoms with Gasteiger partial charge in [0.05, 0.1) is 19.7 Å². The normalized spacial score (nSPS) is 12.4. The number of hydrogen-bond acceptors (Lipinski definition) is 4. The predicted octanol–water partition coefficient (Wildman–Crippen LogP) is -0.384. The molecule has 5 nitrogen and oxygen atoms in total. The summed E-state index contributed by atoms with van der Waals surface area (Å²) in [5.41, 5.74) is 0. The quantitative estimate of drug-likeness (QED) is 0.617. The van der Waals surface area contributed by atoms with Crippen LogP contribution >= 0.6 is 0 Å². The van der Waals surface area contributed by atoms with E-state index in [1.54, 1.807) is 18.9 Å². The molecule has 0 spiro atoms. The molecule has 1 unspecified atom stereocenters. The smallest absolute Gasteiger partial charge is 0.319 e. The van der Waals surface area contributed by atoms with Crippen LogP contribution in [0.3, 0.4) is 0 Å². The second-order valence-corrected chi connectivity index (χ2v) is 3.06. The SMILES string of the molecule is CCNC(=O)C(C)N(C)CC(=O)OC. The molecule has 0 saturated carbocycles. The summed E-state index contributed by atoms with van der Waals surface area (Å²) in [6, 6.07) is -0.325. The van der Waals surface area contributed by atoms with E-state index in [-0.39, 0.29) is 24.5 Å². The number of nitrogens with one attached hydrogen (secondary N) is 1. The zero-order chi connectivity index (χ0) is 11.1. The highest BCUT2D eigenvalue weighted by Crippen LogP contribution is 1.95. The van der Waals surface area contributed by atoms with Gasteiger partial charge >= 0.3 is 5.97 Å². The number of esters is 1. The fourth-order valence-electron chi connectivity index (χ4n) is 0.927. The summed E-state index contributed by atoms with van der Waals surface area (Å²) in [6.45, 7) is 4.31. The van der Waals surface area contributed by atoms with Gasteiger partial charge in [-0.15, -0.1) is 0 Å². The first kappa shape index (κ1) is 12.9. The van der Waals surface area contributed by atoms with E-state index in [0.29, 0.717) is 6.54 Å². The molecule has 1 atom stereocenters. The Morgan fingerprint density at radius 2 is 2.07 bits per heavy atom. The molecule has 1 N–H and O–H groups in total. The highest BCUT2D eigenvalue weighted by atomic mass is 16.5. The molecule has 0 aliphatic carbocycles. The van der Waals surface area contributed by atoms with E-state index in [1.807, 2.05) is 6.92 Å². The Labute approximate surface area is 84.4 Å². The van der Waals surface area contributed by atoms with E-state index in [0.717, 1.165) is 0 Å². The van der Waals surface area contributed by atoms with Gasteiger partial charge in [-0.2, -0.15) is 0 Å². The molecule has 1 amide bonds.